The van der Waals surface area contributed by atoms with E-state index in [1.807, 2.05) is 18.5 Å². The van der Waals surface area contributed by atoms with E-state index in [1.165, 1.54) is 21.2 Å². The van der Waals surface area contributed by atoms with Crippen molar-refractivity contribution < 1.29 is 0 Å². The number of pyridine rings is 1. The maximum atomic E-state index is 4.11. The van der Waals surface area contributed by atoms with Gasteiger partial charge in [-0.3, -0.25) is 4.98 Å². The van der Waals surface area contributed by atoms with Crippen LogP contribution in [0.25, 0.3) is 21.2 Å². The first-order valence-electron chi connectivity index (χ1n) is 4.91. The molecule has 0 N–H and O–H groups in total. The summed E-state index contributed by atoms with van der Waals surface area (Å²) in [7, 11) is 0. The van der Waals surface area contributed by atoms with Crippen LogP contribution in [0.3, 0.4) is 0 Å². The fourth-order valence-corrected chi connectivity index (χ4v) is 3.13. The molecule has 0 spiro atoms. The molecule has 0 saturated carbocycles. The molecule has 0 radical (unpaired) electrons. The minimum Gasteiger partial charge on any atom is -0.264 e. The van der Waals surface area contributed by atoms with Crippen molar-refractivity contribution in [2.24, 2.45) is 0 Å². The third-order valence-electron chi connectivity index (χ3n) is 2.49. The highest BCUT2D eigenvalue weighted by Gasteiger charge is 2.02. The van der Waals surface area contributed by atoms with Gasteiger partial charge in [0.05, 0.1) is 0 Å². The highest BCUT2D eigenvalue weighted by molar-refractivity contribution is 9.10. The second-order valence-electron chi connectivity index (χ2n) is 3.57. The number of fused-ring (bicyclic) bond motifs is 1. The number of rotatable bonds is 1. The van der Waals surface area contributed by atoms with Crippen LogP contribution in [0, 0.1) is 0 Å². The van der Waals surface area contributed by atoms with Gasteiger partial charge in [0.2, 0.25) is 0 Å². The maximum absolute atomic E-state index is 4.11. The van der Waals surface area contributed by atoms with E-state index in [9.17, 15) is 0 Å². The summed E-state index contributed by atoms with van der Waals surface area (Å²) in [5, 5.41) is 4.52. The van der Waals surface area contributed by atoms with Crippen LogP contribution in [0.15, 0.2) is 52.6 Å². The molecule has 3 aromatic rings. The molecule has 0 atom stereocenters. The lowest BCUT2D eigenvalue weighted by atomic mass is 10.1. The summed E-state index contributed by atoms with van der Waals surface area (Å²) < 4.78 is 1.14. The van der Waals surface area contributed by atoms with Gasteiger partial charge in [-0.05, 0) is 45.1 Å². The summed E-state index contributed by atoms with van der Waals surface area (Å²) in [5.74, 6) is 0. The summed E-state index contributed by atoms with van der Waals surface area (Å²) in [6.07, 6.45) is 3.72. The van der Waals surface area contributed by atoms with Crippen molar-refractivity contribution >= 4 is 38.0 Å². The number of hydrogen-bond acceptors (Lipinski definition) is 2. The Kier molecular flexibility index (Phi) is 2.50. The molecule has 0 aliphatic carbocycles. The van der Waals surface area contributed by atoms with Crippen LogP contribution >= 0.6 is 27.3 Å². The first-order chi connectivity index (χ1) is 7.83. The SMILES string of the molecule is Brc1csc(-c2ccc3cnccc3c2)c1. The van der Waals surface area contributed by atoms with Crippen LogP contribution in [0.2, 0.25) is 0 Å². The van der Waals surface area contributed by atoms with E-state index in [-0.39, 0.29) is 0 Å². The third kappa shape index (κ3) is 1.77. The van der Waals surface area contributed by atoms with E-state index in [4.69, 9.17) is 0 Å². The summed E-state index contributed by atoms with van der Waals surface area (Å²) in [5.41, 5.74) is 1.26. The van der Waals surface area contributed by atoms with E-state index < -0.39 is 0 Å². The van der Waals surface area contributed by atoms with Crippen LogP contribution in [-0.2, 0) is 0 Å². The zero-order chi connectivity index (χ0) is 11.0. The van der Waals surface area contributed by atoms with Crippen molar-refractivity contribution in [3.05, 3.63) is 52.6 Å². The maximum Gasteiger partial charge on any atom is 0.0354 e. The summed E-state index contributed by atoms with van der Waals surface area (Å²) in [4.78, 5) is 5.40. The van der Waals surface area contributed by atoms with Crippen LogP contribution in [0.1, 0.15) is 0 Å². The van der Waals surface area contributed by atoms with Gasteiger partial charge in [0.1, 0.15) is 0 Å². The Morgan fingerprint density at radius 2 is 2.00 bits per heavy atom. The average molecular weight is 290 g/mol. The first kappa shape index (κ1) is 10.00. The zero-order valence-corrected chi connectivity index (χ0v) is 10.8. The fraction of sp³-hybridized carbons (Fsp3) is 0. The van der Waals surface area contributed by atoms with Gasteiger partial charge in [0.25, 0.3) is 0 Å². The number of hydrogen-bond donors (Lipinski definition) is 0. The number of thiophene rings is 1. The molecular weight excluding hydrogens is 282 g/mol. The molecule has 0 aliphatic heterocycles. The lowest BCUT2D eigenvalue weighted by Gasteiger charge is -2.00. The minimum absolute atomic E-state index is 1.14. The fourth-order valence-electron chi connectivity index (χ4n) is 1.70. The predicted octanol–water partition coefficient (Wildman–Crippen LogP) is 4.73. The zero-order valence-electron chi connectivity index (χ0n) is 8.35. The Bertz CT molecular complexity index is 645. The lowest BCUT2D eigenvalue weighted by Crippen LogP contribution is -1.77. The largest absolute Gasteiger partial charge is 0.264 e. The summed E-state index contributed by atoms with van der Waals surface area (Å²) in [6, 6.07) is 10.7. The van der Waals surface area contributed by atoms with Gasteiger partial charge in [0, 0.05) is 32.5 Å². The van der Waals surface area contributed by atoms with E-state index in [2.05, 4.69) is 50.6 Å². The number of nitrogens with zero attached hydrogens (tertiary/aromatic N) is 1. The monoisotopic (exact) mass is 289 g/mol. The molecule has 0 aliphatic rings. The number of halogens is 1. The average Bonchev–Trinajstić information content (AvgIpc) is 2.75. The first-order valence-corrected chi connectivity index (χ1v) is 6.58. The van der Waals surface area contributed by atoms with E-state index in [1.54, 1.807) is 11.3 Å². The molecule has 0 saturated heterocycles. The van der Waals surface area contributed by atoms with E-state index >= 15 is 0 Å². The Morgan fingerprint density at radius 1 is 1.06 bits per heavy atom. The Hall–Kier alpha value is -1.19. The van der Waals surface area contributed by atoms with Crippen molar-refractivity contribution in [3.8, 4) is 10.4 Å². The van der Waals surface area contributed by atoms with Gasteiger partial charge >= 0.3 is 0 Å². The topological polar surface area (TPSA) is 12.9 Å². The highest BCUT2D eigenvalue weighted by atomic mass is 79.9. The number of aromatic nitrogens is 1. The molecule has 1 nitrogen and oxygen atoms in total. The Balaban J connectivity index is 2.18. The van der Waals surface area contributed by atoms with Gasteiger partial charge in [-0.25, -0.2) is 0 Å². The summed E-state index contributed by atoms with van der Waals surface area (Å²) >= 11 is 5.23. The molecule has 3 rings (SSSR count). The molecule has 16 heavy (non-hydrogen) atoms. The Labute approximate surface area is 106 Å². The molecule has 0 unspecified atom stereocenters. The quantitative estimate of drug-likeness (QED) is 0.631. The van der Waals surface area contributed by atoms with Crippen LogP contribution in [0.4, 0.5) is 0 Å². The smallest absolute Gasteiger partial charge is 0.0354 e. The third-order valence-corrected chi connectivity index (χ3v) is 4.23. The molecule has 0 bridgehead atoms. The molecule has 1 aromatic carbocycles. The molecule has 78 valence electrons. The van der Waals surface area contributed by atoms with Crippen molar-refractivity contribution in [1.29, 1.82) is 0 Å². The van der Waals surface area contributed by atoms with Crippen molar-refractivity contribution in [2.45, 2.75) is 0 Å². The van der Waals surface area contributed by atoms with Gasteiger partial charge < -0.3 is 0 Å². The van der Waals surface area contributed by atoms with Crippen LogP contribution in [0.5, 0.6) is 0 Å². The van der Waals surface area contributed by atoms with Crippen molar-refractivity contribution in [3.63, 3.8) is 0 Å². The van der Waals surface area contributed by atoms with Gasteiger partial charge in [-0.15, -0.1) is 11.3 Å². The standard InChI is InChI=1S/C13H8BrNS/c14-12-6-13(16-8-12)10-1-2-11-7-15-4-3-9(11)5-10/h1-8H. The molecule has 2 aromatic heterocycles. The molecular formula is C13H8BrNS. The molecule has 0 fully saturated rings. The predicted molar refractivity (Wildman–Crippen MR) is 72.8 cm³/mol. The van der Waals surface area contributed by atoms with Gasteiger partial charge in [-0.1, -0.05) is 12.1 Å². The minimum atomic E-state index is 1.14. The Morgan fingerprint density at radius 3 is 2.81 bits per heavy atom. The summed E-state index contributed by atoms with van der Waals surface area (Å²) in [6.45, 7) is 0. The second kappa shape index (κ2) is 4.00. The highest BCUT2D eigenvalue weighted by Crippen LogP contribution is 2.31. The number of benzene rings is 1. The van der Waals surface area contributed by atoms with Crippen molar-refractivity contribution in [1.82, 2.24) is 4.98 Å². The van der Waals surface area contributed by atoms with Crippen LogP contribution in [-0.4, -0.2) is 4.98 Å². The normalized spacial score (nSPS) is 10.8. The van der Waals surface area contributed by atoms with Gasteiger partial charge in [-0.2, -0.15) is 0 Å². The molecule has 3 heteroatoms. The van der Waals surface area contributed by atoms with Crippen LogP contribution < -0.4 is 0 Å². The molecule has 0 amide bonds. The second-order valence-corrected chi connectivity index (χ2v) is 5.39. The lowest BCUT2D eigenvalue weighted by molar-refractivity contribution is 1.36. The molecule has 2 heterocycles. The van der Waals surface area contributed by atoms with Crippen molar-refractivity contribution in [2.75, 3.05) is 0 Å². The van der Waals surface area contributed by atoms with E-state index in [0.29, 0.717) is 0 Å². The van der Waals surface area contributed by atoms with E-state index in [0.717, 1.165) is 4.47 Å². The van der Waals surface area contributed by atoms with Gasteiger partial charge in [0.15, 0.2) is 0 Å².